The van der Waals surface area contributed by atoms with Crippen molar-refractivity contribution in [2.45, 2.75) is 45.1 Å². The van der Waals surface area contributed by atoms with Crippen LogP contribution in [0, 0.1) is 11.2 Å². The Kier molecular flexibility index (Phi) is 5.55. The Morgan fingerprint density at radius 1 is 1.25 bits per heavy atom. The molecule has 0 heterocycles. The molecule has 1 aromatic rings. The van der Waals surface area contributed by atoms with Gasteiger partial charge in [-0.05, 0) is 62.5 Å². The Bertz CT molecular complexity index is 413. The summed E-state index contributed by atoms with van der Waals surface area (Å²) in [5.41, 5.74) is 7.42. The number of benzene rings is 1. The van der Waals surface area contributed by atoms with Gasteiger partial charge in [0, 0.05) is 6.54 Å². The lowest BCUT2D eigenvalue weighted by Crippen LogP contribution is -2.36. The van der Waals surface area contributed by atoms with Gasteiger partial charge in [-0.2, -0.15) is 0 Å². The Morgan fingerprint density at radius 2 is 2.00 bits per heavy atom. The minimum absolute atomic E-state index is 0.151. The van der Waals surface area contributed by atoms with Crippen molar-refractivity contribution in [3.05, 3.63) is 35.6 Å². The molecule has 1 aliphatic rings. The first-order valence-electron chi connectivity index (χ1n) is 7.77. The second kappa shape index (κ2) is 7.19. The number of hydrogen-bond acceptors (Lipinski definition) is 2. The van der Waals surface area contributed by atoms with Gasteiger partial charge in [0.15, 0.2) is 0 Å². The Morgan fingerprint density at radius 3 is 2.65 bits per heavy atom. The van der Waals surface area contributed by atoms with Crippen LogP contribution in [0.25, 0.3) is 0 Å². The molecule has 1 fully saturated rings. The van der Waals surface area contributed by atoms with E-state index in [4.69, 9.17) is 5.73 Å². The monoisotopic (exact) mass is 278 g/mol. The second-order valence-corrected chi connectivity index (χ2v) is 6.38. The van der Waals surface area contributed by atoms with Gasteiger partial charge >= 0.3 is 0 Å². The molecule has 2 nitrogen and oxygen atoms in total. The first-order chi connectivity index (χ1) is 9.63. The fourth-order valence-corrected chi connectivity index (χ4v) is 3.31. The fourth-order valence-electron chi connectivity index (χ4n) is 3.31. The number of rotatable bonds is 6. The minimum atomic E-state index is -0.151. The molecule has 0 spiro atoms. The summed E-state index contributed by atoms with van der Waals surface area (Å²) in [5.74, 6) is -0.151. The molecule has 20 heavy (non-hydrogen) atoms. The molecular formula is C17H27FN2. The third-order valence-corrected chi connectivity index (χ3v) is 4.71. The summed E-state index contributed by atoms with van der Waals surface area (Å²) in [4.78, 5) is 2.28. The molecule has 0 unspecified atom stereocenters. The summed E-state index contributed by atoms with van der Waals surface area (Å²) in [5, 5.41) is 0. The van der Waals surface area contributed by atoms with E-state index in [1.54, 1.807) is 12.1 Å². The topological polar surface area (TPSA) is 29.3 Å². The van der Waals surface area contributed by atoms with E-state index in [1.807, 2.05) is 6.07 Å². The summed E-state index contributed by atoms with van der Waals surface area (Å²) in [6.45, 7) is 2.65. The van der Waals surface area contributed by atoms with Crippen LogP contribution in [0.5, 0.6) is 0 Å². The Labute approximate surface area is 122 Å². The number of hydrogen-bond donors (Lipinski definition) is 1. The van der Waals surface area contributed by atoms with E-state index < -0.39 is 0 Å². The molecule has 0 aromatic heterocycles. The summed E-state index contributed by atoms with van der Waals surface area (Å²) >= 11 is 0. The summed E-state index contributed by atoms with van der Waals surface area (Å²) < 4.78 is 13.2. The maximum absolute atomic E-state index is 13.2. The van der Waals surface area contributed by atoms with Crippen molar-refractivity contribution in [2.75, 3.05) is 20.1 Å². The summed E-state index contributed by atoms with van der Waals surface area (Å²) in [6, 6.07) is 6.88. The lowest BCUT2D eigenvalue weighted by molar-refractivity contribution is 0.154. The molecule has 0 saturated heterocycles. The molecule has 0 amide bonds. The van der Waals surface area contributed by atoms with E-state index in [0.29, 0.717) is 5.41 Å². The SMILES string of the molecule is CN(CCC1(CN)CCCCC1)Cc1cccc(F)c1. The van der Waals surface area contributed by atoms with Crippen LogP contribution in [-0.2, 0) is 6.54 Å². The lowest BCUT2D eigenvalue weighted by atomic mass is 9.72. The van der Waals surface area contributed by atoms with Gasteiger partial charge in [0.25, 0.3) is 0 Å². The highest BCUT2D eigenvalue weighted by Gasteiger charge is 2.30. The normalized spacial score (nSPS) is 18.4. The molecule has 0 bridgehead atoms. The highest BCUT2D eigenvalue weighted by molar-refractivity contribution is 5.16. The maximum Gasteiger partial charge on any atom is 0.123 e. The molecule has 1 aromatic carbocycles. The quantitative estimate of drug-likeness (QED) is 0.862. The van der Waals surface area contributed by atoms with Crippen molar-refractivity contribution in [3.63, 3.8) is 0 Å². The molecule has 2 rings (SSSR count). The van der Waals surface area contributed by atoms with Gasteiger partial charge in [-0.1, -0.05) is 31.4 Å². The van der Waals surface area contributed by atoms with Crippen LogP contribution in [0.15, 0.2) is 24.3 Å². The van der Waals surface area contributed by atoms with Crippen molar-refractivity contribution >= 4 is 0 Å². The van der Waals surface area contributed by atoms with Crippen molar-refractivity contribution in [2.24, 2.45) is 11.1 Å². The van der Waals surface area contributed by atoms with Gasteiger partial charge < -0.3 is 10.6 Å². The van der Waals surface area contributed by atoms with E-state index in [0.717, 1.165) is 31.6 Å². The van der Waals surface area contributed by atoms with Gasteiger partial charge in [-0.15, -0.1) is 0 Å². The highest BCUT2D eigenvalue weighted by Crippen LogP contribution is 2.38. The van der Waals surface area contributed by atoms with E-state index in [2.05, 4.69) is 11.9 Å². The molecule has 1 saturated carbocycles. The Hall–Kier alpha value is -0.930. The van der Waals surface area contributed by atoms with Crippen LogP contribution in [-0.4, -0.2) is 25.0 Å². The molecule has 2 N–H and O–H groups in total. The largest absolute Gasteiger partial charge is 0.330 e. The molecule has 0 atom stereocenters. The zero-order chi connectivity index (χ0) is 14.4. The molecule has 1 aliphatic carbocycles. The fraction of sp³-hybridized carbons (Fsp3) is 0.647. The van der Waals surface area contributed by atoms with Crippen LogP contribution in [0.2, 0.25) is 0 Å². The molecule has 112 valence electrons. The second-order valence-electron chi connectivity index (χ2n) is 6.38. The van der Waals surface area contributed by atoms with E-state index in [-0.39, 0.29) is 5.82 Å². The number of halogens is 1. The third kappa shape index (κ3) is 4.29. The van der Waals surface area contributed by atoms with Crippen molar-refractivity contribution in [1.82, 2.24) is 4.90 Å². The van der Waals surface area contributed by atoms with Crippen LogP contribution >= 0.6 is 0 Å². The van der Waals surface area contributed by atoms with Crippen LogP contribution in [0.4, 0.5) is 4.39 Å². The average molecular weight is 278 g/mol. The summed E-state index contributed by atoms with van der Waals surface area (Å²) in [6.07, 6.45) is 7.72. The molecule has 0 aliphatic heterocycles. The first kappa shape index (κ1) is 15.5. The smallest absolute Gasteiger partial charge is 0.123 e. The van der Waals surface area contributed by atoms with Gasteiger partial charge in [0.2, 0.25) is 0 Å². The highest BCUT2D eigenvalue weighted by atomic mass is 19.1. The van der Waals surface area contributed by atoms with Gasteiger partial charge in [-0.25, -0.2) is 4.39 Å². The maximum atomic E-state index is 13.2. The predicted molar refractivity (Wildman–Crippen MR) is 81.9 cm³/mol. The number of nitrogens with two attached hydrogens (primary N) is 1. The third-order valence-electron chi connectivity index (χ3n) is 4.71. The van der Waals surface area contributed by atoms with Gasteiger partial charge in [0.1, 0.15) is 5.82 Å². The van der Waals surface area contributed by atoms with Crippen LogP contribution in [0.1, 0.15) is 44.1 Å². The van der Waals surface area contributed by atoms with Crippen molar-refractivity contribution in [1.29, 1.82) is 0 Å². The number of nitrogens with zero attached hydrogens (tertiary/aromatic N) is 1. The summed E-state index contributed by atoms with van der Waals surface area (Å²) in [7, 11) is 2.11. The predicted octanol–water partition coefficient (Wildman–Crippen LogP) is 3.56. The zero-order valence-electron chi connectivity index (χ0n) is 12.6. The van der Waals surface area contributed by atoms with E-state index in [9.17, 15) is 4.39 Å². The molecular weight excluding hydrogens is 251 g/mol. The Balaban J connectivity index is 1.83. The molecule has 3 heteroatoms. The lowest BCUT2D eigenvalue weighted by Gasteiger charge is -2.37. The molecule has 0 radical (unpaired) electrons. The van der Waals surface area contributed by atoms with Crippen molar-refractivity contribution < 1.29 is 4.39 Å². The minimum Gasteiger partial charge on any atom is -0.330 e. The van der Waals surface area contributed by atoms with Crippen LogP contribution in [0.3, 0.4) is 0 Å². The van der Waals surface area contributed by atoms with Crippen LogP contribution < -0.4 is 5.73 Å². The first-order valence-corrected chi connectivity index (χ1v) is 7.77. The zero-order valence-corrected chi connectivity index (χ0v) is 12.6. The van der Waals surface area contributed by atoms with Crippen molar-refractivity contribution in [3.8, 4) is 0 Å². The van der Waals surface area contributed by atoms with E-state index in [1.165, 1.54) is 38.2 Å². The standard InChI is InChI=1S/C17H27FN2/c1-20(13-15-6-5-7-16(18)12-15)11-10-17(14-19)8-3-2-4-9-17/h5-7,12H,2-4,8-11,13-14,19H2,1H3. The van der Waals surface area contributed by atoms with E-state index >= 15 is 0 Å². The van der Waals surface area contributed by atoms with Gasteiger partial charge in [0.05, 0.1) is 0 Å². The van der Waals surface area contributed by atoms with Gasteiger partial charge in [-0.3, -0.25) is 0 Å². The average Bonchev–Trinajstić information content (AvgIpc) is 2.46.